The molecule has 1 atom stereocenters. The molecule has 4 heteroatoms. The summed E-state index contributed by atoms with van der Waals surface area (Å²) in [5.74, 6) is 1.40. The molecule has 0 saturated carbocycles. The number of nitrogens with two attached hydrogens (primary N) is 1. The summed E-state index contributed by atoms with van der Waals surface area (Å²) >= 11 is 7.56. The van der Waals surface area contributed by atoms with Gasteiger partial charge in [-0.1, -0.05) is 23.7 Å². The Morgan fingerprint density at radius 2 is 2.00 bits per heavy atom. The molecule has 0 saturated heterocycles. The lowest BCUT2D eigenvalue weighted by Gasteiger charge is -2.16. The van der Waals surface area contributed by atoms with Gasteiger partial charge in [-0.2, -0.15) is 11.8 Å². The van der Waals surface area contributed by atoms with Crippen LogP contribution in [0.15, 0.2) is 35.7 Å². The normalized spacial score (nSPS) is 14.1. The molecule has 1 aromatic carbocycles. The zero-order chi connectivity index (χ0) is 12.8. The maximum Gasteiger partial charge on any atom is 0.184 e. The van der Waals surface area contributed by atoms with Crippen LogP contribution in [0.25, 0.3) is 0 Å². The predicted molar refractivity (Wildman–Crippen MR) is 76.2 cm³/mol. The van der Waals surface area contributed by atoms with Gasteiger partial charge in [0.05, 0.1) is 0 Å². The van der Waals surface area contributed by atoms with E-state index < -0.39 is 0 Å². The zero-order valence-electron chi connectivity index (χ0n) is 10.4. The van der Waals surface area contributed by atoms with Gasteiger partial charge in [0.25, 0.3) is 0 Å². The Kier molecular flexibility index (Phi) is 5.72. The molecule has 0 amide bonds. The quantitative estimate of drug-likeness (QED) is 0.823. The van der Waals surface area contributed by atoms with Crippen molar-refractivity contribution in [1.29, 1.82) is 0 Å². The highest BCUT2D eigenvalue weighted by Gasteiger charge is 2.08. The Morgan fingerprint density at radius 3 is 2.53 bits per heavy atom. The molecule has 0 spiro atoms. The maximum absolute atomic E-state index is 5.89. The van der Waals surface area contributed by atoms with E-state index in [1.165, 1.54) is 0 Å². The average molecular weight is 272 g/mol. The Morgan fingerprint density at radius 1 is 1.41 bits per heavy atom. The molecular weight excluding hydrogens is 254 g/mol. The highest BCUT2D eigenvalue weighted by Crippen LogP contribution is 2.21. The second kappa shape index (κ2) is 6.82. The van der Waals surface area contributed by atoms with Crippen LogP contribution in [0.5, 0.6) is 0 Å². The zero-order valence-corrected chi connectivity index (χ0v) is 11.9. The maximum atomic E-state index is 5.89. The monoisotopic (exact) mass is 271 g/mol. The van der Waals surface area contributed by atoms with E-state index in [9.17, 15) is 0 Å². The first-order valence-electron chi connectivity index (χ1n) is 5.41. The van der Waals surface area contributed by atoms with Gasteiger partial charge < -0.3 is 10.5 Å². The van der Waals surface area contributed by atoms with Gasteiger partial charge >= 0.3 is 0 Å². The van der Waals surface area contributed by atoms with Crippen LogP contribution in [-0.4, -0.2) is 12.0 Å². The molecule has 1 unspecified atom stereocenters. The van der Waals surface area contributed by atoms with Crippen LogP contribution in [0.1, 0.15) is 25.5 Å². The smallest absolute Gasteiger partial charge is 0.184 e. The minimum atomic E-state index is -0.0657. The minimum absolute atomic E-state index is 0.0657. The van der Waals surface area contributed by atoms with Crippen LogP contribution >= 0.6 is 23.4 Å². The second-order valence-electron chi connectivity index (χ2n) is 3.89. The number of thioether (sulfide) groups is 1. The third kappa shape index (κ3) is 4.52. The van der Waals surface area contributed by atoms with Gasteiger partial charge in [-0.25, -0.2) is 0 Å². The predicted octanol–water partition coefficient (Wildman–Crippen LogP) is 3.97. The topological polar surface area (TPSA) is 35.2 Å². The third-order valence-corrected chi connectivity index (χ3v) is 3.40. The molecule has 1 rings (SSSR count). The van der Waals surface area contributed by atoms with Crippen LogP contribution in [0.4, 0.5) is 0 Å². The summed E-state index contributed by atoms with van der Waals surface area (Å²) in [6, 6.07) is 7.60. The van der Waals surface area contributed by atoms with E-state index in [0.717, 1.165) is 21.9 Å². The Bertz CT molecular complexity index is 389. The van der Waals surface area contributed by atoms with Gasteiger partial charge in [-0.3, -0.25) is 0 Å². The van der Waals surface area contributed by atoms with Crippen molar-refractivity contribution in [1.82, 2.24) is 0 Å². The molecule has 17 heavy (non-hydrogen) atoms. The fourth-order valence-corrected chi connectivity index (χ4v) is 2.08. The summed E-state index contributed by atoms with van der Waals surface area (Å²) in [6.07, 6.45) is 1.98. The molecular formula is C13H18ClNOS. The number of hydrogen-bond acceptors (Lipinski definition) is 3. The van der Waals surface area contributed by atoms with Crippen molar-refractivity contribution in [3.8, 4) is 0 Å². The molecule has 0 heterocycles. The van der Waals surface area contributed by atoms with E-state index in [1.54, 1.807) is 11.8 Å². The van der Waals surface area contributed by atoms with E-state index in [0.29, 0.717) is 5.88 Å². The van der Waals surface area contributed by atoms with Crippen molar-refractivity contribution in [2.45, 2.75) is 20.0 Å². The highest BCUT2D eigenvalue weighted by atomic mass is 35.5. The van der Waals surface area contributed by atoms with Crippen LogP contribution in [0.2, 0.25) is 5.02 Å². The number of ether oxygens (including phenoxy) is 1. The molecule has 0 aliphatic heterocycles. The molecule has 0 radical (unpaired) electrons. The summed E-state index contributed by atoms with van der Waals surface area (Å²) in [6.45, 7) is 3.96. The average Bonchev–Trinajstić information content (AvgIpc) is 2.30. The molecule has 2 nitrogen and oxygen atoms in total. The molecule has 1 aromatic rings. The summed E-state index contributed by atoms with van der Waals surface area (Å²) in [5.41, 5.74) is 8.02. The van der Waals surface area contributed by atoms with Crippen molar-refractivity contribution in [2.24, 2.45) is 5.73 Å². The summed E-state index contributed by atoms with van der Waals surface area (Å²) in [7, 11) is 0. The summed E-state index contributed by atoms with van der Waals surface area (Å²) in [4.78, 5) is 0. The van der Waals surface area contributed by atoms with Gasteiger partial charge in [0.15, 0.2) is 5.88 Å². The summed E-state index contributed by atoms with van der Waals surface area (Å²) in [5, 5.41) is 0.725. The first-order chi connectivity index (χ1) is 8.04. The first-order valence-corrected chi connectivity index (χ1v) is 7.18. The van der Waals surface area contributed by atoms with Gasteiger partial charge in [-0.15, -0.1) is 0 Å². The van der Waals surface area contributed by atoms with Crippen molar-refractivity contribution < 1.29 is 4.74 Å². The Labute approximate surface area is 112 Å². The fourth-order valence-electron chi connectivity index (χ4n) is 1.38. The number of benzene rings is 1. The van der Waals surface area contributed by atoms with Gasteiger partial charge in [0, 0.05) is 10.8 Å². The van der Waals surface area contributed by atoms with Crippen LogP contribution in [0, 0.1) is 0 Å². The molecule has 0 aliphatic rings. The molecule has 0 aliphatic carbocycles. The Hall–Kier alpha value is -0.800. The van der Waals surface area contributed by atoms with Gasteiger partial charge in [0.1, 0.15) is 6.10 Å². The highest BCUT2D eigenvalue weighted by molar-refractivity contribution is 7.98. The third-order valence-electron chi connectivity index (χ3n) is 2.42. The lowest BCUT2D eigenvalue weighted by atomic mass is 10.1. The van der Waals surface area contributed by atoms with E-state index in [4.69, 9.17) is 22.1 Å². The van der Waals surface area contributed by atoms with Crippen LogP contribution < -0.4 is 5.73 Å². The van der Waals surface area contributed by atoms with E-state index in [1.807, 2.05) is 44.4 Å². The van der Waals surface area contributed by atoms with Crippen LogP contribution in [0.3, 0.4) is 0 Å². The molecule has 0 bridgehead atoms. The summed E-state index contributed by atoms with van der Waals surface area (Å²) < 4.78 is 5.69. The van der Waals surface area contributed by atoms with E-state index in [-0.39, 0.29) is 6.10 Å². The van der Waals surface area contributed by atoms with Crippen molar-refractivity contribution in [3.05, 3.63) is 46.3 Å². The lowest BCUT2D eigenvalue weighted by molar-refractivity contribution is 0.128. The van der Waals surface area contributed by atoms with E-state index in [2.05, 4.69) is 0 Å². The van der Waals surface area contributed by atoms with Gasteiger partial charge in [0.2, 0.25) is 0 Å². The van der Waals surface area contributed by atoms with Crippen molar-refractivity contribution in [2.75, 3.05) is 12.0 Å². The largest absolute Gasteiger partial charge is 0.472 e. The Balaban J connectivity index is 2.69. The van der Waals surface area contributed by atoms with Gasteiger partial charge in [-0.05, 0) is 43.4 Å². The molecule has 94 valence electrons. The number of hydrogen-bond donors (Lipinski definition) is 1. The minimum Gasteiger partial charge on any atom is -0.472 e. The standard InChI is InChI=1S/C13H18ClNOS/c1-9(8-17-3)13(15)16-10(2)11-4-6-12(14)7-5-11/h4-7,10H,8,15H2,1-3H3/b13-9+. The SMILES string of the molecule is CSC/C(C)=C(\N)OC(C)c1ccc(Cl)cc1. The molecule has 2 N–H and O–H groups in total. The van der Waals surface area contributed by atoms with E-state index >= 15 is 0 Å². The van der Waals surface area contributed by atoms with Crippen LogP contribution in [-0.2, 0) is 4.74 Å². The number of halogens is 1. The lowest BCUT2D eigenvalue weighted by Crippen LogP contribution is -2.10. The first kappa shape index (κ1) is 14.3. The van der Waals surface area contributed by atoms with Crippen molar-refractivity contribution in [3.63, 3.8) is 0 Å². The number of rotatable bonds is 5. The molecule has 0 aromatic heterocycles. The van der Waals surface area contributed by atoms with Crippen molar-refractivity contribution >= 4 is 23.4 Å². The molecule has 0 fully saturated rings. The second-order valence-corrected chi connectivity index (χ2v) is 5.19. The fraction of sp³-hybridized carbons (Fsp3) is 0.385.